The summed E-state index contributed by atoms with van der Waals surface area (Å²) >= 11 is 7.80. The normalized spacial score (nSPS) is 30.7. The van der Waals surface area contributed by atoms with Crippen molar-refractivity contribution in [1.29, 1.82) is 0 Å². The molecule has 4 rings (SSSR count). The van der Waals surface area contributed by atoms with Gasteiger partial charge in [-0.3, -0.25) is 4.79 Å². The molecule has 1 fully saturated rings. The Morgan fingerprint density at radius 1 is 1.23 bits per heavy atom. The van der Waals surface area contributed by atoms with Crippen molar-refractivity contribution in [3.8, 4) is 0 Å². The molecule has 0 saturated heterocycles. The Kier molecular flexibility index (Phi) is 5.30. The third kappa shape index (κ3) is 3.66. The van der Waals surface area contributed by atoms with E-state index >= 15 is 0 Å². The molecule has 0 aromatic heterocycles. The van der Waals surface area contributed by atoms with Gasteiger partial charge in [-0.25, -0.2) is 0 Å². The predicted octanol–water partition coefficient (Wildman–Crippen LogP) is 4.70. The van der Waals surface area contributed by atoms with Crippen molar-refractivity contribution in [3.63, 3.8) is 0 Å². The molecule has 138 valence electrons. The first-order valence-corrected chi connectivity index (χ1v) is 10.5. The highest BCUT2D eigenvalue weighted by molar-refractivity contribution is 8.06. The summed E-state index contributed by atoms with van der Waals surface area (Å²) in [5.41, 5.74) is 7.30. The summed E-state index contributed by atoms with van der Waals surface area (Å²) in [5, 5.41) is 9.17. The number of rotatable bonds is 3. The van der Waals surface area contributed by atoms with Gasteiger partial charge in [0.05, 0.1) is 11.3 Å². The molecule has 1 aliphatic carbocycles. The van der Waals surface area contributed by atoms with E-state index in [0.717, 1.165) is 24.5 Å². The van der Waals surface area contributed by atoms with Crippen LogP contribution < -0.4 is 16.4 Å². The fourth-order valence-corrected chi connectivity index (χ4v) is 5.45. The SMILES string of the molecule is NCC1CCCC(CC2C=CSC2=C2NC(=O)c3ccc(Cl)cc3N2)C1. The summed E-state index contributed by atoms with van der Waals surface area (Å²) < 4.78 is 0. The van der Waals surface area contributed by atoms with Gasteiger partial charge in [-0.05, 0) is 61.3 Å². The van der Waals surface area contributed by atoms with Gasteiger partial charge < -0.3 is 16.4 Å². The summed E-state index contributed by atoms with van der Waals surface area (Å²) in [6.45, 7) is 0.800. The van der Waals surface area contributed by atoms with Crippen molar-refractivity contribution in [3.05, 3.63) is 51.0 Å². The van der Waals surface area contributed by atoms with E-state index in [-0.39, 0.29) is 5.91 Å². The molecule has 3 unspecified atom stereocenters. The number of nitrogens with one attached hydrogen (secondary N) is 2. The Bertz CT molecular complexity index is 776. The fourth-order valence-electron chi connectivity index (χ4n) is 4.29. The van der Waals surface area contributed by atoms with Crippen molar-refractivity contribution in [2.75, 3.05) is 11.9 Å². The van der Waals surface area contributed by atoms with Crippen molar-refractivity contribution in [2.45, 2.75) is 32.1 Å². The number of hydrogen-bond donors (Lipinski definition) is 3. The van der Waals surface area contributed by atoms with Crippen LogP contribution in [0.5, 0.6) is 0 Å². The number of amides is 1. The number of nitrogens with two attached hydrogens (primary N) is 1. The Hall–Kier alpha value is -1.43. The molecule has 4 N–H and O–H groups in total. The Labute approximate surface area is 163 Å². The van der Waals surface area contributed by atoms with Crippen LogP contribution >= 0.6 is 23.4 Å². The van der Waals surface area contributed by atoms with E-state index in [9.17, 15) is 4.79 Å². The van der Waals surface area contributed by atoms with Gasteiger partial charge in [-0.2, -0.15) is 0 Å². The first-order valence-electron chi connectivity index (χ1n) is 9.29. The van der Waals surface area contributed by atoms with Crippen molar-refractivity contribution in [2.24, 2.45) is 23.5 Å². The highest BCUT2D eigenvalue weighted by Crippen LogP contribution is 2.43. The molecule has 0 spiro atoms. The molecular weight excluding hydrogens is 366 g/mol. The maximum Gasteiger partial charge on any atom is 0.258 e. The molecule has 0 bridgehead atoms. The lowest BCUT2D eigenvalue weighted by Crippen LogP contribution is -2.34. The average molecular weight is 390 g/mol. The van der Waals surface area contributed by atoms with Gasteiger partial charge in [-0.1, -0.05) is 42.3 Å². The number of carbonyl (C=O) groups is 1. The molecule has 2 aliphatic heterocycles. The number of fused-ring (bicyclic) bond motifs is 1. The van der Waals surface area contributed by atoms with Crippen LogP contribution in [-0.2, 0) is 0 Å². The molecule has 1 aromatic rings. The van der Waals surface area contributed by atoms with E-state index in [1.54, 1.807) is 23.9 Å². The summed E-state index contributed by atoms with van der Waals surface area (Å²) in [5.74, 6) is 2.46. The van der Waals surface area contributed by atoms with E-state index in [4.69, 9.17) is 17.3 Å². The Morgan fingerprint density at radius 3 is 2.92 bits per heavy atom. The highest BCUT2D eigenvalue weighted by Gasteiger charge is 2.30. The molecule has 6 heteroatoms. The molecule has 2 heterocycles. The van der Waals surface area contributed by atoms with Crippen LogP contribution in [0, 0.1) is 17.8 Å². The van der Waals surface area contributed by atoms with Crippen molar-refractivity contribution < 1.29 is 4.79 Å². The van der Waals surface area contributed by atoms with Crippen LogP contribution in [0.1, 0.15) is 42.5 Å². The molecule has 3 atom stereocenters. The minimum absolute atomic E-state index is 0.0787. The van der Waals surface area contributed by atoms with Crippen LogP contribution in [0.3, 0.4) is 0 Å². The third-order valence-electron chi connectivity index (χ3n) is 5.63. The van der Waals surface area contributed by atoms with Gasteiger partial charge in [0.25, 0.3) is 5.91 Å². The standard InChI is InChI=1S/C20H24ClN3OS/c21-15-4-5-16-17(10-15)23-19(24-20(16)25)18-14(6-7-26-18)9-12-2-1-3-13(8-12)11-22/h4-7,10,12-14,23H,1-3,8-9,11,22H2,(H,24,25). The molecule has 4 nitrogen and oxygen atoms in total. The molecular formula is C20H24ClN3OS. The lowest BCUT2D eigenvalue weighted by atomic mass is 9.77. The smallest absolute Gasteiger partial charge is 0.258 e. The van der Waals surface area contributed by atoms with Gasteiger partial charge in [0, 0.05) is 15.8 Å². The molecule has 0 radical (unpaired) electrons. The molecule has 3 aliphatic rings. The minimum Gasteiger partial charge on any atom is -0.340 e. The second-order valence-electron chi connectivity index (χ2n) is 7.43. The molecule has 1 aromatic carbocycles. The zero-order chi connectivity index (χ0) is 18.1. The highest BCUT2D eigenvalue weighted by atomic mass is 35.5. The van der Waals surface area contributed by atoms with E-state index in [2.05, 4.69) is 22.1 Å². The van der Waals surface area contributed by atoms with Gasteiger partial charge in [0.1, 0.15) is 5.82 Å². The number of benzene rings is 1. The van der Waals surface area contributed by atoms with Crippen LogP contribution in [0.15, 0.2) is 40.4 Å². The zero-order valence-corrected chi connectivity index (χ0v) is 16.2. The summed E-state index contributed by atoms with van der Waals surface area (Å²) in [6, 6.07) is 5.31. The average Bonchev–Trinajstić information content (AvgIpc) is 3.09. The van der Waals surface area contributed by atoms with Crippen molar-refractivity contribution >= 4 is 35.0 Å². The summed E-state index contributed by atoms with van der Waals surface area (Å²) in [6.07, 6.45) is 8.45. The molecule has 26 heavy (non-hydrogen) atoms. The number of hydrogen-bond acceptors (Lipinski definition) is 4. The van der Waals surface area contributed by atoms with Crippen LogP contribution in [0.25, 0.3) is 0 Å². The minimum atomic E-state index is -0.0787. The number of halogens is 1. The zero-order valence-electron chi connectivity index (χ0n) is 14.6. The Balaban J connectivity index is 1.54. The van der Waals surface area contributed by atoms with Gasteiger partial charge in [-0.15, -0.1) is 0 Å². The maximum absolute atomic E-state index is 12.5. The summed E-state index contributed by atoms with van der Waals surface area (Å²) in [7, 11) is 0. The number of carbonyl (C=O) groups excluding carboxylic acids is 1. The van der Waals surface area contributed by atoms with E-state index in [1.807, 2.05) is 6.07 Å². The third-order valence-corrected chi connectivity index (χ3v) is 6.91. The predicted molar refractivity (Wildman–Crippen MR) is 109 cm³/mol. The lowest BCUT2D eigenvalue weighted by molar-refractivity contribution is 0.0963. The second-order valence-corrected chi connectivity index (χ2v) is 8.82. The Morgan fingerprint density at radius 2 is 2.08 bits per heavy atom. The van der Waals surface area contributed by atoms with Crippen LogP contribution in [0.2, 0.25) is 5.02 Å². The van der Waals surface area contributed by atoms with Crippen LogP contribution in [0.4, 0.5) is 5.69 Å². The summed E-state index contributed by atoms with van der Waals surface area (Å²) in [4.78, 5) is 13.7. The molecule has 1 amide bonds. The van der Waals surface area contributed by atoms with Gasteiger partial charge in [0.2, 0.25) is 0 Å². The first-order chi connectivity index (χ1) is 12.6. The number of anilines is 1. The number of thioether (sulfide) groups is 1. The first kappa shape index (κ1) is 18.0. The van der Waals surface area contributed by atoms with E-state index in [1.165, 1.54) is 30.6 Å². The van der Waals surface area contributed by atoms with Gasteiger partial charge in [0.15, 0.2) is 0 Å². The van der Waals surface area contributed by atoms with Gasteiger partial charge >= 0.3 is 0 Å². The largest absolute Gasteiger partial charge is 0.340 e. The maximum atomic E-state index is 12.5. The van der Waals surface area contributed by atoms with Crippen molar-refractivity contribution in [1.82, 2.24) is 5.32 Å². The monoisotopic (exact) mass is 389 g/mol. The quantitative estimate of drug-likeness (QED) is 0.701. The lowest BCUT2D eigenvalue weighted by Gasteiger charge is -2.31. The number of allylic oxidation sites excluding steroid dienone is 2. The van der Waals surface area contributed by atoms with E-state index in [0.29, 0.717) is 28.3 Å². The fraction of sp³-hybridized carbons (Fsp3) is 0.450. The topological polar surface area (TPSA) is 67.1 Å². The second kappa shape index (κ2) is 7.67. The van der Waals surface area contributed by atoms with E-state index < -0.39 is 0 Å². The van der Waals surface area contributed by atoms with Crippen LogP contribution in [-0.4, -0.2) is 12.5 Å². The molecule has 1 saturated carbocycles.